The van der Waals surface area contributed by atoms with E-state index in [1.165, 1.54) is 6.08 Å². The minimum atomic E-state index is -1.13. The molecule has 5 atom stereocenters. The highest BCUT2D eigenvalue weighted by Gasteiger charge is 2.61. The van der Waals surface area contributed by atoms with Crippen LogP contribution in [0.4, 0.5) is 0 Å². The molecule has 0 radical (unpaired) electrons. The number of ether oxygens (including phenoxy) is 1. The number of aliphatic imine (C=N–C) groups is 1. The summed E-state index contributed by atoms with van der Waals surface area (Å²) in [4.78, 5) is 16.7. The zero-order valence-corrected chi connectivity index (χ0v) is 14.7. The summed E-state index contributed by atoms with van der Waals surface area (Å²) in [6.07, 6.45) is 1.48. The van der Waals surface area contributed by atoms with Gasteiger partial charge >= 0.3 is 5.97 Å². The second-order valence-electron chi connectivity index (χ2n) is 7.89. The first-order valence-electron chi connectivity index (χ1n) is 8.32. The lowest BCUT2D eigenvalue weighted by Crippen LogP contribution is -2.65. The predicted molar refractivity (Wildman–Crippen MR) is 89.3 cm³/mol. The van der Waals surface area contributed by atoms with E-state index in [-0.39, 0.29) is 17.4 Å². The van der Waals surface area contributed by atoms with Crippen LogP contribution < -0.4 is 0 Å². The minimum absolute atomic E-state index is 0.0769. The average molecular weight is 323 g/mol. The molecule has 5 nitrogen and oxygen atoms in total. The first kappa shape index (κ1) is 18.1. The zero-order valence-electron chi connectivity index (χ0n) is 14.7. The Balaban J connectivity index is 2.29. The Morgan fingerprint density at radius 1 is 1.43 bits per heavy atom. The van der Waals surface area contributed by atoms with Crippen molar-refractivity contribution in [3.63, 3.8) is 0 Å². The molecule has 23 heavy (non-hydrogen) atoms. The molecule has 0 spiro atoms. The van der Waals surface area contributed by atoms with E-state index in [1.54, 1.807) is 20.8 Å². The Morgan fingerprint density at radius 3 is 2.48 bits per heavy atom. The molecule has 3 aliphatic rings. The van der Waals surface area contributed by atoms with Gasteiger partial charge in [-0.3, -0.25) is 4.99 Å². The van der Waals surface area contributed by atoms with Gasteiger partial charge in [-0.1, -0.05) is 19.9 Å². The van der Waals surface area contributed by atoms with E-state index >= 15 is 0 Å². The summed E-state index contributed by atoms with van der Waals surface area (Å²) in [6, 6.07) is -1.07. The van der Waals surface area contributed by atoms with Gasteiger partial charge in [0.1, 0.15) is 11.7 Å². The first-order valence-corrected chi connectivity index (χ1v) is 8.32. The maximum Gasteiger partial charge on any atom is 0.334 e. The van der Waals surface area contributed by atoms with Gasteiger partial charge in [-0.15, -0.1) is 6.58 Å². The summed E-state index contributed by atoms with van der Waals surface area (Å²) < 4.78 is 5.19. The molecule has 2 N–H and O–H groups in total. The quantitative estimate of drug-likeness (QED) is 0.600. The molecule has 3 saturated carbocycles. The fourth-order valence-electron chi connectivity index (χ4n) is 4.01. The number of aliphatic hydroxyl groups is 2. The van der Waals surface area contributed by atoms with Crippen molar-refractivity contribution in [1.29, 1.82) is 0 Å². The Labute approximate surface area is 138 Å². The van der Waals surface area contributed by atoms with Gasteiger partial charge in [0.25, 0.3) is 0 Å². The molecule has 0 aromatic heterocycles. The van der Waals surface area contributed by atoms with Gasteiger partial charge in [0.2, 0.25) is 0 Å². The monoisotopic (exact) mass is 323 g/mol. The molecule has 3 aliphatic carbocycles. The predicted octanol–water partition coefficient (Wildman–Crippen LogP) is 2.11. The molecule has 130 valence electrons. The Bertz CT molecular complexity index is 521. The van der Waals surface area contributed by atoms with E-state index in [2.05, 4.69) is 25.4 Å². The molecular weight excluding hydrogens is 294 g/mol. The smallest absolute Gasteiger partial charge is 0.334 e. The van der Waals surface area contributed by atoms with Crippen LogP contribution in [0.2, 0.25) is 0 Å². The Hall–Kier alpha value is -1.20. The average Bonchev–Trinajstić information content (AvgIpc) is 2.42. The number of aliphatic hydroxyl groups excluding tert-OH is 1. The molecule has 0 aromatic carbocycles. The van der Waals surface area contributed by atoms with Crippen molar-refractivity contribution in [2.75, 3.05) is 0 Å². The highest BCUT2D eigenvalue weighted by molar-refractivity contribution is 5.96. The van der Waals surface area contributed by atoms with Crippen LogP contribution in [0.1, 0.15) is 47.5 Å². The van der Waals surface area contributed by atoms with E-state index in [0.29, 0.717) is 18.1 Å². The van der Waals surface area contributed by atoms with Crippen LogP contribution in [-0.2, 0) is 9.53 Å². The maximum atomic E-state index is 12.2. The number of nitrogens with zero attached hydrogens (tertiary/aromatic N) is 1. The molecule has 0 saturated heterocycles. The minimum Gasteiger partial charge on any atom is -0.461 e. The molecule has 5 heteroatoms. The van der Waals surface area contributed by atoms with Crippen molar-refractivity contribution in [1.82, 2.24) is 0 Å². The Morgan fingerprint density at radius 2 is 2.04 bits per heavy atom. The van der Waals surface area contributed by atoms with E-state index in [4.69, 9.17) is 4.74 Å². The van der Waals surface area contributed by atoms with E-state index in [1.807, 2.05) is 0 Å². The highest BCUT2D eigenvalue weighted by atomic mass is 16.5. The van der Waals surface area contributed by atoms with Gasteiger partial charge in [-0.2, -0.15) is 0 Å². The van der Waals surface area contributed by atoms with Crippen LogP contribution in [0.25, 0.3) is 0 Å². The van der Waals surface area contributed by atoms with E-state index in [0.717, 1.165) is 6.42 Å². The zero-order chi connectivity index (χ0) is 17.6. The molecule has 0 aliphatic heterocycles. The molecule has 0 unspecified atom stereocenters. The van der Waals surface area contributed by atoms with E-state index < -0.39 is 23.7 Å². The Kier molecular flexibility index (Phi) is 4.75. The molecule has 3 fully saturated rings. The summed E-state index contributed by atoms with van der Waals surface area (Å²) in [5, 5.41) is 21.0. The molecule has 0 amide bonds. The third-order valence-electron chi connectivity index (χ3n) is 5.63. The van der Waals surface area contributed by atoms with Gasteiger partial charge in [-0.05, 0) is 50.9 Å². The van der Waals surface area contributed by atoms with Crippen LogP contribution in [0, 0.1) is 17.3 Å². The van der Waals surface area contributed by atoms with Crippen LogP contribution in [0.3, 0.4) is 0 Å². The highest BCUT2D eigenvalue weighted by Crippen LogP contribution is 2.61. The summed E-state index contributed by atoms with van der Waals surface area (Å²) in [6.45, 7) is 13.1. The van der Waals surface area contributed by atoms with Crippen LogP contribution in [-0.4, -0.2) is 45.7 Å². The third-order valence-corrected chi connectivity index (χ3v) is 5.63. The molecular formula is C18H29NO4. The number of rotatable bonds is 5. The SMILES string of the molecule is C=C[C@@H](O)[C@@H](N=C1C[C@H]2C[C@H](C2(C)C)[C@@]1(C)O)C(=O)OC(C)C. The lowest BCUT2D eigenvalue weighted by Gasteiger charge is -2.62. The van der Waals surface area contributed by atoms with Crippen LogP contribution in [0.5, 0.6) is 0 Å². The summed E-state index contributed by atoms with van der Waals surface area (Å²) in [5.41, 5.74) is -0.395. The van der Waals surface area contributed by atoms with Crippen molar-refractivity contribution >= 4 is 11.7 Å². The second-order valence-corrected chi connectivity index (χ2v) is 7.89. The summed E-state index contributed by atoms with van der Waals surface area (Å²) in [7, 11) is 0. The summed E-state index contributed by atoms with van der Waals surface area (Å²) >= 11 is 0. The normalized spacial score (nSPS) is 36.3. The van der Waals surface area contributed by atoms with Crippen molar-refractivity contribution in [3.05, 3.63) is 12.7 Å². The lowest BCUT2D eigenvalue weighted by molar-refractivity contribution is -0.151. The number of hydrogen-bond acceptors (Lipinski definition) is 5. The standard InChI is InChI=1S/C18H29NO4/c1-7-12(20)15(16(21)23-10(2)3)19-14-9-11-8-13(17(11,4)5)18(14,6)22/h7,10-13,15,20,22H,1,8-9H2,2-6H3/t11-,12-,13-,15-,18-/m1/s1. The van der Waals surface area contributed by atoms with Gasteiger partial charge in [0.05, 0.1) is 6.10 Å². The molecule has 0 aromatic rings. The van der Waals surface area contributed by atoms with Crippen molar-refractivity contribution in [2.24, 2.45) is 22.2 Å². The number of hydrogen-bond donors (Lipinski definition) is 2. The number of carbonyl (C=O) groups excluding carboxylic acids is 1. The van der Waals surface area contributed by atoms with Gasteiger partial charge in [0.15, 0.2) is 6.04 Å². The van der Waals surface area contributed by atoms with Gasteiger partial charge in [-0.25, -0.2) is 4.79 Å². The van der Waals surface area contributed by atoms with E-state index in [9.17, 15) is 15.0 Å². The summed E-state index contributed by atoms with van der Waals surface area (Å²) in [5.74, 6) is -0.0153. The second kappa shape index (κ2) is 6.02. The number of esters is 1. The lowest BCUT2D eigenvalue weighted by atomic mass is 9.44. The van der Waals surface area contributed by atoms with Crippen LogP contribution >= 0.6 is 0 Å². The first-order chi connectivity index (χ1) is 10.5. The van der Waals surface area contributed by atoms with Crippen molar-refractivity contribution in [3.8, 4) is 0 Å². The molecule has 3 rings (SSSR count). The van der Waals surface area contributed by atoms with Gasteiger partial charge in [0, 0.05) is 5.71 Å². The van der Waals surface area contributed by atoms with Gasteiger partial charge < -0.3 is 14.9 Å². The largest absolute Gasteiger partial charge is 0.461 e. The third kappa shape index (κ3) is 3.09. The fourth-order valence-corrected chi connectivity index (χ4v) is 4.01. The topological polar surface area (TPSA) is 79.1 Å². The molecule has 2 bridgehead atoms. The van der Waals surface area contributed by atoms with Crippen molar-refractivity contribution in [2.45, 2.75) is 71.3 Å². The van der Waals surface area contributed by atoms with Crippen LogP contribution in [0.15, 0.2) is 17.6 Å². The number of fused-ring (bicyclic) bond motifs is 2. The fraction of sp³-hybridized carbons (Fsp3) is 0.778. The van der Waals surface area contributed by atoms with Crippen molar-refractivity contribution < 1.29 is 19.7 Å². The maximum absolute atomic E-state index is 12.2. The molecule has 0 heterocycles. The number of carbonyl (C=O) groups is 1.